The van der Waals surface area contributed by atoms with E-state index >= 15 is 0 Å². The average molecular weight is 324 g/mol. The van der Waals surface area contributed by atoms with Crippen LogP contribution in [0.2, 0.25) is 0 Å². The Morgan fingerprint density at radius 1 is 1.12 bits per heavy atom. The third-order valence-corrected chi connectivity index (χ3v) is 3.77. The van der Waals surface area contributed by atoms with Gasteiger partial charge in [-0.25, -0.2) is 0 Å². The summed E-state index contributed by atoms with van der Waals surface area (Å²) >= 11 is 0. The first kappa shape index (κ1) is 16.1. The highest BCUT2D eigenvalue weighted by atomic mass is 16.6. The molecule has 0 aliphatic carbocycles. The Balaban J connectivity index is 1.89. The van der Waals surface area contributed by atoms with Crippen LogP contribution in [0.25, 0.3) is 0 Å². The fraction of sp³-hybridized carbons (Fsp3) is 0.263. The fourth-order valence-electron chi connectivity index (χ4n) is 2.54. The number of oxime groups is 1. The molecule has 1 heterocycles. The van der Waals surface area contributed by atoms with E-state index in [0.29, 0.717) is 19.0 Å². The maximum Gasteiger partial charge on any atom is 0.272 e. The molecule has 124 valence electrons. The van der Waals surface area contributed by atoms with Gasteiger partial charge in [-0.05, 0) is 43.7 Å². The average Bonchev–Trinajstić information content (AvgIpc) is 2.61. The van der Waals surface area contributed by atoms with Gasteiger partial charge >= 0.3 is 0 Å². The summed E-state index contributed by atoms with van der Waals surface area (Å²) in [6, 6.07) is 17.3. The second-order valence-corrected chi connectivity index (χ2v) is 5.53. The summed E-state index contributed by atoms with van der Waals surface area (Å²) in [6.07, 6.45) is -0.583. The van der Waals surface area contributed by atoms with Crippen LogP contribution in [-0.2, 0) is 16.2 Å². The van der Waals surface area contributed by atoms with E-state index in [1.165, 1.54) is 0 Å². The molecule has 0 N–H and O–H groups in total. The monoisotopic (exact) mass is 324 g/mol. The van der Waals surface area contributed by atoms with Crippen molar-refractivity contribution >= 4 is 11.7 Å². The Hall–Kier alpha value is -2.82. The van der Waals surface area contributed by atoms with Gasteiger partial charge in [0.25, 0.3) is 5.91 Å². The van der Waals surface area contributed by atoms with Crippen LogP contribution in [0.15, 0.2) is 59.8 Å². The molecule has 0 spiro atoms. The highest BCUT2D eigenvalue weighted by Gasteiger charge is 2.31. The van der Waals surface area contributed by atoms with Gasteiger partial charge in [-0.3, -0.25) is 9.69 Å². The third kappa shape index (κ3) is 3.40. The van der Waals surface area contributed by atoms with Gasteiger partial charge in [-0.15, -0.1) is 0 Å². The van der Waals surface area contributed by atoms with Gasteiger partial charge in [0.05, 0.1) is 13.2 Å². The van der Waals surface area contributed by atoms with Crippen molar-refractivity contribution in [3.63, 3.8) is 0 Å². The summed E-state index contributed by atoms with van der Waals surface area (Å²) in [5, 5.41) is 4.17. The second kappa shape index (κ2) is 7.17. The molecular formula is C19H20N2O3. The van der Waals surface area contributed by atoms with Crippen molar-refractivity contribution in [2.75, 3.05) is 6.61 Å². The first-order valence-corrected chi connectivity index (χ1v) is 8.01. The predicted molar refractivity (Wildman–Crippen MR) is 91.7 cm³/mol. The topological polar surface area (TPSA) is 51.1 Å². The lowest BCUT2D eigenvalue weighted by Crippen LogP contribution is -2.46. The number of hydrogen-bond donors (Lipinski definition) is 0. The van der Waals surface area contributed by atoms with Crippen molar-refractivity contribution in [2.24, 2.45) is 5.16 Å². The van der Waals surface area contributed by atoms with E-state index in [0.717, 1.165) is 16.9 Å². The Morgan fingerprint density at radius 2 is 1.83 bits per heavy atom. The van der Waals surface area contributed by atoms with Gasteiger partial charge in [-0.1, -0.05) is 35.5 Å². The van der Waals surface area contributed by atoms with Crippen LogP contribution < -0.4 is 4.74 Å². The standard InChI is InChI=1S/C19H20N2O3/c1-3-23-17-11-9-16(10-12-17)18-20-24-14(2)19(22)21(18)13-15-7-5-4-6-8-15/h4-12,14H,3,13H2,1-2H3. The Bertz CT molecular complexity index is 726. The van der Waals surface area contributed by atoms with Gasteiger partial charge in [0.2, 0.25) is 6.10 Å². The Morgan fingerprint density at radius 3 is 2.50 bits per heavy atom. The number of ether oxygens (including phenoxy) is 1. The molecule has 0 fully saturated rings. The molecule has 0 bridgehead atoms. The molecule has 5 heteroatoms. The van der Waals surface area contributed by atoms with Gasteiger partial charge in [0.1, 0.15) is 5.75 Å². The number of amides is 1. The molecule has 2 aromatic carbocycles. The van der Waals surface area contributed by atoms with E-state index < -0.39 is 6.10 Å². The largest absolute Gasteiger partial charge is 0.494 e. The van der Waals surface area contributed by atoms with Gasteiger partial charge in [0.15, 0.2) is 5.84 Å². The molecule has 1 amide bonds. The number of carbonyl (C=O) groups is 1. The number of nitrogens with zero attached hydrogens (tertiary/aromatic N) is 2. The lowest BCUT2D eigenvalue weighted by atomic mass is 10.1. The zero-order valence-corrected chi connectivity index (χ0v) is 13.8. The lowest BCUT2D eigenvalue weighted by molar-refractivity contribution is -0.142. The van der Waals surface area contributed by atoms with Crippen molar-refractivity contribution in [3.8, 4) is 5.75 Å². The van der Waals surface area contributed by atoms with Gasteiger partial charge < -0.3 is 9.57 Å². The van der Waals surface area contributed by atoms with E-state index in [2.05, 4.69) is 5.16 Å². The van der Waals surface area contributed by atoms with Crippen LogP contribution in [0.1, 0.15) is 25.0 Å². The Labute approximate surface area is 141 Å². The van der Waals surface area contributed by atoms with E-state index in [1.807, 2.05) is 61.5 Å². The molecule has 0 saturated carbocycles. The van der Waals surface area contributed by atoms with E-state index in [9.17, 15) is 4.79 Å². The van der Waals surface area contributed by atoms with Crippen molar-refractivity contribution in [1.82, 2.24) is 4.90 Å². The summed E-state index contributed by atoms with van der Waals surface area (Å²) in [7, 11) is 0. The molecule has 1 unspecified atom stereocenters. The highest BCUT2D eigenvalue weighted by molar-refractivity contribution is 6.09. The Kier molecular flexibility index (Phi) is 4.79. The van der Waals surface area contributed by atoms with E-state index in [1.54, 1.807) is 11.8 Å². The molecule has 5 nitrogen and oxygen atoms in total. The molecule has 0 radical (unpaired) electrons. The zero-order valence-electron chi connectivity index (χ0n) is 13.8. The maximum atomic E-state index is 12.6. The molecular weight excluding hydrogens is 304 g/mol. The zero-order chi connectivity index (χ0) is 16.9. The molecule has 0 aromatic heterocycles. The molecule has 3 rings (SSSR count). The highest BCUT2D eigenvalue weighted by Crippen LogP contribution is 2.20. The van der Waals surface area contributed by atoms with Crippen molar-refractivity contribution in [1.29, 1.82) is 0 Å². The van der Waals surface area contributed by atoms with Crippen LogP contribution >= 0.6 is 0 Å². The number of carbonyl (C=O) groups excluding carboxylic acids is 1. The van der Waals surface area contributed by atoms with Gasteiger partial charge in [-0.2, -0.15) is 0 Å². The number of hydrogen-bond acceptors (Lipinski definition) is 4. The lowest BCUT2D eigenvalue weighted by Gasteiger charge is -2.30. The normalized spacial score (nSPS) is 17.2. The van der Waals surface area contributed by atoms with E-state index in [-0.39, 0.29) is 5.91 Å². The molecule has 24 heavy (non-hydrogen) atoms. The summed E-state index contributed by atoms with van der Waals surface area (Å²) in [4.78, 5) is 19.5. The summed E-state index contributed by atoms with van der Waals surface area (Å²) in [6.45, 7) is 4.71. The second-order valence-electron chi connectivity index (χ2n) is 5.53. The predicted octanol–water partition coefficient (Wildman–Crippen LogP) is 3.19. The minimum atomic E-state index is -0.583. The van der Waals surface area contributed by atoms with Gasteiger partial charge in [0, 0.05) is 5.56 Å². The third-order valence-electron chi connectivity index (χ3n) is 3.77. The number of rotatable bonds is 5. The number of benzene rings is 2. The van der Waals surface area contributed by atoms with Crippen molar-refractivity contribution < 1.29 is 14.4 Å². The molecule has 0 saturated heterocycles. The van der Waals surface area contributed by atoms with Crippen LogP contribution in [-0.4, -0.2) is 29.4 Å². The van der Waals surface area contributed by atoms with E-state index in [4.69, 9.17) is 9.57 Å². The summed E-state index contributed by atoms with van der Waals surface area (Å²) < 4.78 is 5.46. The molecule has 2 aromatic rings. The SMILES string of the molecule is CCOc1ccc(C2=NOC(C)C(=O)N2Cc2ccccc2)cc1. The van der Waals surface area contributed by atoms with Crippen LogP contribution in [0.3, 0.4) is 0 Å². The molecule has 1 aliphatic heterocycles. The fourth-order valence-corrected chi connectivity index (χ4v) is 2.54. The van der Waals surface area contributed by atoms with Crippen LogP contribution in [0.4, 0.5) is 0 Å². The first-order valence-electron chi connectivity index (χ1n) is 8.01. The molecule has 1 atom stereocenters. The van der Waals surface area contributed by atoms with Crippen LogP contribution in [0, 0.1) is 0 Å². The minimum absolute atomic E-state index is 0.0993. The first-order chi connectivity index (χ1) is 11.7. The summed E-state index contributed by atoms with van der Waals surface area (Å²) in [5.74, 6) is 1.20. The quantitative estimate of drug-likeness (QED) is 0.849. The summed E-state index contributed by atoms with van der Waals surface area (Å²) in [5.41, 5.74) is 1.85. The van der Waals surface area contributed by atoms with Crippen molar-refractivity contribution in [3.05, 3.63) is 65.7 Å². The van der Waals surface area contributed by atoms with Crippen molar-refractivity contribution in [2.45, 2.75) is 26.5 Å². The smallest absolute Gasteiger partial charge is 0.272 e. The van der Waals surface area contributed by atoms with Crippen LogP contribution in [0.5, 0.6) is 5.75 Å². The minimum Gasteiger partial charge on any atom is -0.494 e. The molecule has 1 aliphatic rings. The number of amidine groups is 1. The maximum absolute atomic E-state index is 12.6.